The molecule has 1 saturated heterocycles. The molecule has 1 aromatic carbocycles. The van der Waals surface area contributed by atoms with E-state index in [9.17, 15) is 4.79 Å². The minimum absolute atomic E-state index is 0.0803. The zero-order chi connectivity index (χ0) is 20.9. The molecule has 1 fully saturated rings. The number of aliphatic imine (C=N–C) groups is 1. The van der Waals surface area contributed by atoms with E-state index in [4.69, 9.17) is 0 Å². The van der Waals surface area contributed by atoms with Crippen molar-refractivity contribution in [3.8, 4) is 0 Å². The molecule has 6 nitrogen and oxygen atoms in total. The van der Waals surface area contributed by atoms with Gasteiger partial charge in [0.2, 0.25) is 5.91 Å². The van der Waals surface area contributed by atoms with Crippen molar-refractivity contribution in [1.82, 2.24) is 15.5 Å². The number of guanidine groups is 1. The van der Waals surface area contributed by atoms with Gasteiger partial charge in [0.1, 0.15) is 0 Å². The zero-order valence-electron chi connectivity index (χ0n) is 17.8. The number of benzene rings is 1. The second-order valence-corrected chi connectivity index (χ2v) is 9.05. The molecule has 7 heteroatoms. The normalized spacial score (nSPS) is 22.1. The van der Waals surface area contributed by atoms with E-state index in [1.165, 1.54) is 23.3 Å². The molecule has 0 radical (unpaired) electrons. The molecule has 3 heterocycles. The standard InChI is InChI=1S/C23H31N5OS/c1-24-23(26-16-21(29)28-13-11-17-7-3-4-9-19(17)28)25-15-18-8-5-12-27(2)22(18)20-10-6-14-30-20/h3-4,6-7,9-10,14,18,22H,5,8,11-13,15-16H2,1-2H3,(H2,24,25,26). The zero-order valence-corrected chi connectivity index (χ0v) is 18.6. The summed E-state index contributed by atoms with van der Waals surface area (Å²) in [5, 5.41) is 8.83. The van der Waals surface area contributed by atoms with Crippen molar-refractivity contribution in [2.45, 2.75) is 25.3 Å². The largest absolute Gasteiger partial charge is 0.356 e. The first-order valence-corrected chi connectivity index (χ1v) is 11.6. The lowest BCUT2D eigenvalue weighted by Crippen LogP contribution is -2.47. The fraction of sp³-hybridized carbons (Fsp3) is 0.478. The van der Waals surface area contributed by atoms with Gasteiger partial charge in [0, 0.05) is 36.7 Å². The highest BCUT2D eigenvalue weighted by molar-refractivity contribution is 7.10. The van der Waals surface area contributed by atoms with Crippen LogP contribution in [0.1, 0.15) is 29.3 Å². The SMILES string of the molecule is CN=C(NCC(=O)N1CCc2ccccc21)NCC1CCCN(C)C1c1cccs1. The van der Waals surface area contributed by atoms with Crippen LogP contribution >= 0.6 is 11.3 Å². The quantitative estimate of drug-likeness (QED) is 0.571. The van der Waals surface area contributed by atoms with Crippen LogP contribution in [0, 0.1) is 5.92 Å². The number of thiophene rings is 1. The molecule has 2 atom stereocenters. The molecule has 0 aliphatic carbocycles. The van der Waals surface area contributed by atoms with Gasteiger partial charge in [0.25, 0.3) is 0 Å². The van der Waals surface area contributed by atoms with Crippen molar-refractivity contribution >= 4 is 28.9 Å². The molecule has 2 aromatic rings. The van der Waals surface area contributed by atoms with Crippen LogP contribution in [0.5, 0.6) is 0 Å². The number of fused-ring (bicyclic) bond motifs is 1. The Bertz CT molecular complexity index is 881. The van der Waals surface area contributed by atoms with Crippen molar-refractivity contribution in [1.29, 1.82) is 0 Å². The van der Waals surface area contributed by atoms with Gasteiger partial charge >= 0.3 is 0 Å². The van der Waals surface area contributed by atoms with E-state index in [-0.39, 0.29) is 12.5 Å². The van der Waals surface area contributed by atoms with Crippen LogP contribution in [-0.2, 0) is 11.2 Å². The van der Waals surface area contributed by atoms with Gasteiger partial charge in [-0.05, 0) is 61.8 Å². The molecule has 2 aliphatic rings. The van der Waals surface area contributed by atoms with Gasteiger partial charge in [-0.3, -0.25) is 14.7 Å². The number of hydrogen-bond acceptors (Lipinski definition) is 4. The van der Waals surface area contributed by atoms with Gasteiger partial charge in [-0.1, -0.05) is 24.3 Å². The monoisotopic (exact) mass is 425 g/mol. The highest BCUT2D eigenvalue weighted by Crippen LogP contribution is 2.36. The number of anilines is 1. The fourth-order valence-corrected chi connectivity index (χ4v) is 5.67. The summed E-state index contributed by atoms with van der Waals surface area (Å²) in [7, 11) is 3.98. The van der Waals surface area contributed by atoms with Crippen LogP contribution in [-0.4, -0.2) is 57.0 Å². The first-order chi connectivity index (χ1) is 14.7. The molecule has 4 rings (SSSR count). The minimum atomic E-state index is 0.0803. The lowest BCUT2D eigenvalue weighted by Gasteiger charge is -2.39. The molecule has 1 amide bonds. The number of carbonyl (C=O) groups excluding carboxylic acids is 1. The average Bonchev–Trinajstić information content (AvgIpc) is 3.44. The Kier molecular flexibility index (Phi) is 6.69. The van der Waals surface area contributed by atoms with Crippen LogP contribution in [0.15, 0.2) is 46.8 Å². The molecular formula is C23H31N5OS. The highest BCUT2D eigenvalue weighted by Gasteiger charge is 2.31. The lowest BCUT2D eigenvalue weighted by molar-refractivity contribution is -0.117. The van der Waals surface area contributed by atoms with E-state index in [1.807, 2.05) is 34.4 Å². The molecular weight excluding hydrogens is 394 g/mol. The maximum absolute atomic E-state index is 12.8. The van der Waals surface area contributed by atoms with Crippen molar-refractivity contribution in [3.05, 3.63) is 52.2 Å². The third-order valence-corrected chi connectivity index (χ3v) is 7.14. The summed E-state index contributed by atoms with van der Waals surface area (Å²) in [6.45, 7) is 2.97. The van der Waals surface area contributed by atoms with E-state index < -0.39 is 0 Å². The van der Waals surface area contributed by atoms with Crippen LogP contribution in [0.25, 0.3) is 0 Å². The van der Waals surface area contributed by atoms with Crippen LogP contribution in [0.2, 0.25) is 0 Å². The summed E-state index contributed by atoms with van der Waals surface area (Å²) in [6.07, 6.45) is 3.33. The fourth-order valence-electron chi connectivity index (χ4n) is 4.68. The first kappa shape index (κ1) is 20.9. The third-order valence-electron chi connectivity index (χ3n) is 6.19. The van der Waals surface area contributed by atoms with Crippen molar-refractivity contribution in [2.75, 3.05) is 45.2 Å². The molecule has 0 bridgehead atoms. The minimum Gasteiger partial charge on any atom is -0.356 e. The number of rotatable bonds is 5. The summed E-state index contributed by atoms with van der Waals surface area (Å²) in [5.74, 6) is 1.29. The number of amides is 1. The van der Waals surface area contributed by atoms with E-state index in [2.05, 4.69) is 51.2 Å². The maximum Gasteiger partial charge on any atom is 0.246 e. The number of hydrogen-bond donors (Lipinski definition) is 2. The van der Waals surface area contributed by atoms with Crippen molar-refractivity contribution in [3.63, 3.8) is 0 Å². The number of nitrogens with zero attached hydrogens (tertiary/aromatic N) is 3. The molecule has 1 aromatic heterocycles. The van der Waals surface area contributed by atoms with E-state index in [0.29, 0.717) is 17.9 Å². The summed E-state index contributed by atoms with van der Waals surface area (Å²) in [5.41, 5.74) is 2.28. The molecule has 2 N–H and O–H groups in total. The van der Waals surface area contributed by atoms with E-state index >= 15 is 0 Å². The van der Waals surface area contributed by atoms with E-state index in [0.717, 1.165) is 31.7 Å². The van der Waals surface area contributed by atoms with Gasteiger partial charge in [-0.25, -0.2) is 0 Å². The Morgan fingerprint density at radius 1 is 1.20 bits per heavy atom. The first-order valence-electron chi connectivity index (χ1n) is 10.7. The van der Waals surface area contributed by atoms with Gasteiger partial charge in [0.05, 0.1) is 6.54 Å². The molecule has 30 heavy (non-hydrogen) atoms. The number of carbonyl (C=O) groups is 1. The van der Waals surface area contributed by atoms with Gasteiger partial charge in [0.15, 0.2) is 5.96 Å². The summed E-state index contributed by atoms with van der Waals surface area (Å²) in [4.78, 5) is 22.9. The topological polar surface area (TPSA) is 60.0 Å². The lowest BCUT2D eigenvalue weighted by atomic mass is 9.88. The van der Waals surface area contributed by atoms with Gasteiger partial charge < -0.3 is 15.5 Å². The number of nitrogens with one attached hydrogen (secondary N) is 2. The van der Waals surface area contributed by atoms with Crippen LogP contribution < -0.4 is 15.5 Å². The Labute approximate surface area is 183 Å². The Morgan fingerprint density at radius 2 is 2.07 bits per heavy atom. The molecule has 2 unspecified atom stereocenters. The van der Waals surface area contributed by atoms with Crippen molar-refractivity contribution < 1.29 is 4.79 Å². The molecule has 0 saturated carbocycles. The molecule has 2 aliphatic heterocycles. The second kappa shape index (κ2) is 9.62. The predicted octanol–water partition coefficient (Wildman–Crippen LogP) is 2.89. The Balaban J connectivity index is 1.31. The molecule has 0 spiro atoms. The Hall–Kier alpha value is -2.38. The summed E-state index contributed by atoms with van der Waals surface area (Å²) < 4.78 is 0. The van der Waals surface area contributed by atoms with E-state index in [1.54, 1.807) is 7.05 Å². The van der Waals surface area contributed by atoms with Crippen molar-refractivity contribution in [2.24, 2.45) is 10.9 Å². The number of para-hydroxylation sites is 1. The predicted molar refractivity (Wildman–Crippen MR) is 124 cm³/mol. The Morgan fingerprint density at radius 3 is 2.87 bits per heavy atom. The summed E-state index contributed by atoms with van der Waals surface area (Å²) in [6, 6.07) is 13.0. The third kappa shape index (κ3) is 4.52. The highest BCUT2D eigenvalue weighted by atomic mass is 32.1. The average molecular weight is 426 g/mol. The molecule has 160 valence electrons. The number of likely N-dealkylation sites (tertiary alicyclic amines) is 1. The summed E-state index contributed by atoms with van der Waals surface area (Å²) >= 11 is 1.83. The number of piperidine rings is 1. The second-order valence-electron chi connectivity index (χ2n) is 8.07. The smallest absolute Gasteiger partial charge is 0.246 e. The van der Waals surface area contributed by atoms with Crippen LogP contribution in [0.4, 0.5) is 5.69 Å². The van der Waals surface area contributed by atoms with Gasteiger partial charge in [-0.15, -0.1) is 11.3 Å². The van der Waals surface area contributed by atoms with Crippen LogP contribution in [0.3, 0.4) is 0 Å². The van der Waals surface area contributed by atoms with Gasteiger partial charge in [-0.2, -0.15) is 0 Å². The maximum atomic E-state index is 12.8.